The lowest BCUT2D eigenvalue weighted by Gasteiger charge is -2.09. The van der Waals surface area contributed by atoms with E-state index in [1.54, 1.807) is 13.0 Å². The zero-order valence-corrected chi connectivity index (χ0v) is 7.70. The average molecular weight is 195 g/mol. The van der Waals surface area contributed by atoms with Crippen LogP contribution in [0.3, 0.4) is 0 Å². The van der Waals surface area contributed by atoms with Gasteiger partial charge in [-0.15, -0.1) is 0 Å². The Morgan fingerprint density at radius 3 is 2.93 bits per heavy atom. The molecule has 4 heteroatoms. The van der Waals surface area contributed by atoms with Gasteiger partial charge in [0.05, 0.1) is 6.10 Å². The van der Waals surface area contributed by atoms with Crippen LogP contribution in [0.5, 0.6) is 5.75 Å². The summed E-state index contributed by atoms with van der Waals surface area (Å²) < 4.78 is 18.1. The summed E-state index contributed by atoms with van der Waals surface area (Å²) in [7, 11) is 0. The minimum Gasteiger partial charge on any atom is -0.489 e. The third-order valence-electron chi connectivity index (χ3n) is 1.57. The zero-order chi connectivity index (χ0) is 10.6. The van der Waals surface area contributed by atoms with Crippen LogP contribution in [0.25, 0.3) is 0 Å². The molecule has 0 fully saturated rings. The van der Waals surface area contributed by atoms with E-state index < -0.39 is 11.9 Å². The normalized spacial score (nSPS) is 11.9. The molecular weight excluding hydrogens is 185 g/mol. The van der Waals surface area contributed by atoms with E-state index in [-0.39, 0.29) is 17.9 Å². The van der Waals surface area contributed by atoms with E-state index in [9.17, 15) is 4.39 Å². The fraction of sp³-hybridized carbons (Fsp3) is 0.300. The van der Waals surface area contributed by atoms with Crippen LogP contribution >= 0.6 is 0 Å². The second-order valence-electron chi connectivity index (χ2n) is 2.88. The quantitative estimate of drug-likeness (QED) is 0.794. The van der Waals surface area contributed by atoms with Crippen molar-refractivity contribution >= 4 is 0 Å². The Labute approximate surface area is 81.4 Å². The number of rotatable bonds is 3. The fourth-order valence-electron chi connectivity index (χ4n) is 0.944. The van der Waals surface area contributed by atoms with Gasteiger partial charge in [-0.05, 0) is 19.1 Å². The third kappa shape index (κ3) is 2.44. The lowest BCUT2D eigenvalue weighted by molar-refractivity contribution is 0.122. The van der Waals surface area contributed by atoms with Gasteiger partial charge in [0, 0.05) is 0 Å². The molecule has 14 heavy (non-hydrogen) atoms. The number of nitrogens with zero attached hydrogens (tertiary/aromatic N) is 1. The number of benzene rings is 1. The molecule has 0 bridgehead atoms. The van der Waals surface area contributed by atoms with Gasteiger partial charge in [-0.3, -0.25) is 0 Å². The van der Waals surface area contributed by atoms with Crippen LogP contribution in [0.4, 0.5) is 4.39 Å². The minimum absolute atomic E-state index is 0.0398. The SMILES string of the molecule is CC(O)COc1cccc(F)c1C#N. The van der Waals surface area contributed by atoms with Crippen molar-refractivity contribution < 1.29 is 14.2 Å². The summed E-state index contributed by atoms with van der Waals surface area (Å²) in [5, 5.41) is 17.6. The first-order chi connectivity index (χ1) is 6.65. The van der Waals surface area contributed by atoms with Crippen molar-refractivity contribution in [2.45, 2.75) is 13.0 Å². The number of aliphatic hydroxyl groups is 1. The molecule has 0 heterocycles. The number of hydrogen-bond acceptors (Lipinski definition) is 3. The Kier molecular flexibility index (Phi) is 3.43. The van der Waals surface area contributed by atoms with Gasteiger partial charge in [-0.1, -0.05) is 6.07 Å². The molecule has 0 amide bonds. The third-order valence-corrected chi connectivity index (χ3v) is 1.57. The molecule has 0 aromatic heterocycles. The van der Waals surface area contributed by atoms with Gasteiger partial charge in [0.25, 0.3) is 0 Å². The lowest BCUT2D eigenvalue weighted by atomic mass is 10.2. The molecule has 0 saturated heterocycles. The van der Waals surface area contributed by atoms with Crippen molar-refractivity contribution in [3.05, 3.63) is 29.6 Å². The molecule has 74 valence electrons. The van der Waals surface area contributed by atoms with Crippen molar-refractivity contribution in [1.82, 2.24) is 0 Å². The predicted molar refractivity (Wildman–Crippen MR) is 48.3 cm³/mol. The zero-order valence-electron chi connectivity index (χ0n) is 7.70. The van der Waals surface area contributed by atoms with Gasteiger partial charge in [0.2, 0.25) is 0 Å². The van der Waals surface area contributed by atoms with Crippen molar-refractivity contribution in [3.63, 3.8) is 0 Å². The summed E-state index contributed by atoms with van der Waals surface area (Å²) in [6, 6.07) is 5.84. The van der Waals surface area contributed by atoms with Crippen LogP contribution in [0, 0.1) is 17.1 Å². The van der Waals surface area contributed by atoms with Gasteiger partial charge in [0.1, 0.15) is 29.8 Å². The van der Waals surface area contributed by atoms with Crippen LogP contribution in [-0.4, -0.2) is 17.8 Å². The molecule has 1 aromatic rings. The maximum absolute atomic E-state index is 13.0. The van der Waals surface area contributed by atoms with Gasteiger partial charge in [-0.2, -0.15) is 5.26 Å². The first-order valence-corrected chi connectivity index (χ1v) is 4.14. The number of hydrogen-bond donors (Lipinski definition) is 1. The van der Waals surface area contributed by atoms with Crippen LogP contribution in [0.15, 0.2) is 18.2 Å². The molecular formula is C10H10FNO2. The van der Waals surface area contributed by atoms with Gasteiger partial charge < -0.3 is 9.84 Å². The van der Waals surface area contributed by atoms with E-state index >= 15 is 0 Å². The molecule has 0 spiro atoms. The predicted octanol–water partition coefficient (Wildman–Crippen LogP) is 1.46. The highest BCUT2D eigenvalue weighted by Crippen LogP contribution is 2.20. The fourth-order valence-corrected chi connectivity index (χ4v) is 0.944. The smallest absolute Gasteiger partial charge is 0.144 e. The highest BCUT2D eigenvalue weighted by Gasteiger charge is 2.09. The first-order valence-electron chi connectivity index (χ1n) is 4.14. The van der Waals surface area contributed by atoms with E-state index in [2.05, 4.69) is 0 Å². The maximum atomic E-state index is 13.0. The summed E-state index contributed by atoms with van der Waals surface area (Å²) in [6.07, 6.45) is -0.648. The van der Waals surface area contributed by atoms with Crippen LogP contribution in [0.2, 0.25) is 0 Å². The number of aliphatic hydroxyl groups excluding tert-OH is 1. The standard InChI is InChI=1S/C10H10FNO2/c1-7(13)6-14-10-4-2-3-9(11)8(10)5-12/h2-4,7,13H,6H2,1H3. The molecule has 1 aromatic carbocycles. The van der Waals surface area contributed by atoms with Gasteiger partial charge >= 0.3 is 0 Å². The Bertz CT molecular complexity index is 358. The Hall–Kier alpha value is -1.60. The van der Waals surface area contributed by atoms with Crippen LogP contribution < -0.4 is 4.74 Å². The monoisotopic (exact) mass is 195 g/mol. The largest absolute Gasteiger partial charge is 0.489 e. The van der Waals surface area contributed by atoms with Crippen molar-refractivity contribution in [2.75, 3.05) is 6.61 Å². The van der Waals surface area contributed by atoms with E-state index in [0.29, 0.717) is 0 Å². The molecule has 0 aliphatic heterocycles. The van der Waals surface area contributed by atoms with Crippen molar-refractivity contribution in [3.8, 4) is 11.8 Å². The lowest BCUT2D eigenvalue weighted by Crippen LogP contribution is -2.13. The highest BCUT2D eigenvalue weighted by molar-refractivity contribution is 5.43. The number of nitriles is 1. The molecule has 1 atom stereocenters. The summed E-state index contributed by atoms with van der Waals surface area (Å²) in [4.78, 5) is 0. The van der Waals surface area contributed by atoms with Crippen LogP contribution in [0.1, 0.15) is 12.5 Å². The Morgan fingerprint density at radius 1 is 1.64 bits per heavy atom. The van der Waals surface area contributed by atoms with Crippen molar-refractivity contribution in [1.29, 1.82) is 5.26 Å². The molecule has 0 radical (unpaired) electrons. The number of ether oxygens (including phenoxy) is 1. The molecule has 1 unspecified atom stereocenters. The molecule has 1 rings (SSSR count). The van der Waals surface area contributed by atoms with Gasteiger partial charge in [-0.25, -0.2) is 4.39 Å². The maximum Gasteiger partial charge on any atom is 0.144 e. The summed E-state index contributed by atoms with van der Waals surface area (Å²) in [5.41, 5.74) is -0.131. The highest BCUT2D eigenvalue weighted by atomic mass is 19.1. The minimum atomic E-state index is -0.648. The molecule has 0 aliphatic rings. The van der Waals surface area contributed by atoms with E-state index in [1.165, 1.54) is 18.2 Å². The topological polar surface area (TPSA) is 53.2 Å². The van der Waals surface area contributed by atoms with Crippen LogP contribution in [-0.2, 0) is 0 Å². The molecule has 1 N–H and O–H groups in total. The number of halogens is 1. The summed E-state index contributed by atoms with van der Waals surface area (Å²) in [5.74, 6) is -0.455. The Morgan fingerprint density at radius 2 is 2.36 bits per heavy atom. The second-order valence-corrected chi connectivity index (χ2v) is 2.88. The van der Waals surface area contributed by atoms with Gasteiger partial charge in [0.15, 0.2) is 0 Å². The molecule has 3 nitrogen and oxygen atoms in total. The average Bonchev–Trinajstić information content (AvgIpc) is 2.14. The summed E-state index contributed by atoms with van der Waals surface area (Å²) in [6.45, 7) is 1.59. The van der Waals surface area contributed by atoms with E-state index in [4.69, 9.17) is 15.1 Å². The second kappa shape index (κ2) is 4.58. The van der Waals surface area contributed by atoms with Crippen molar-refractivity contribution in [2.24, 2.45) is 0 Å². The summed E-state index contributed by atoms with van der Waals surface area (Å²) >= 11 is 0. The van der Waals surface area contributed by atoms with E-state index in [0.717, 1.165) is 0 Å². The molecule has 0 aliphatic carbocycles. The molecule has 0 saturated carbocycles. The Balaban J connectivity index is 2.87. The first kappa shape index (κ1) is 10.5. The van der Waals surface area contributed by atoms with E-state index in [1.807, 2.05) is 0 Å².